The van der Waals surface area contributed by atoms with Gasteiger partial charge >= 0.3 is 0 Å². The molecule has 0 aromatic carbocycles. The maximum absolute atomic E-state index is 10.4. The van der Waals surface area contributed by atoms with Crippen LogP contribution >= 0.6 is 0 Å². The Morgan fingerprint density at radius 2 is 1.43 bits per heavy atom. The van der Waals surface area contributed by atoms with E-state index in [9.17, 15) is 13.2 Å². The van der Waals surface area contributed by atoms with Gasteiger partial charge in [-0.15, -0.1) is 0 Å². The average molecular weight is 152 g/mol. The Morgan fingerprint density at radius 3 is 1.43 bits per heavy atom. The third-order valence-corrected chi connectivity index (χ3v) is 0.116. The van der Waals surface area contributed by atoms with E-state index in [2.05, 4.69) is 0 Å². The third kappa shape index (κ3) is 10.7. The first kappa shape index (κ1) is 10.1. The summed E-state index contributed by atoms with van der Waals surface area (Å²) in [6.45, 7) is 0. The van der Waals surface area contributed by atoms with Crippen molar-refractivity contribution in [3.05, 3.63) is 0 Å². The van der Waals surface area contributed by atoms with Crippen LogP contribution in [0, 0.1) is 0 Å². The normalized spacial score (nSPS) is 9.57. The zero-order valence-electron chi connectivity index (χ0n) is 2.92. The molecule has 0 saturated carbocycles. The molecule has 0 heterocycles. The Hall–Kier alpha value is -0.0205. The minimum absolute atomic E-state index is 0. The van der Waals surface area contributed by atoms with E-state index in [1.54, 1.807) is 0 Å². The molecule has 0 rings (SSSR count). The summed E-state index contributed by atoms with van der Waals surface area (Å²) in [5.41, 5.74) is 0. The molecule has 0 N–H and O–H groups in total. The van der Waals surface area contributed by atoms with Gasteiger partial charge in [0.15, 0.2) is 0 Å². The number of rotatable bonds is 0. The van der Waals surface area contributed by atoms with Gasteiger partial charge in [-0.2, -0.15) is 6.29 Å². The van der Waals surface area contributed by atoms with Gasteiger partial charge in [0, 0.05) is 17.1 Å². The summed E-state index contributed by atoms with van der Waals surface area (Å²) in [7, 11) is 0. The summed E-state index contributed by atoms with van der Waals surface area (Å²) in [5.74, 6) is 0. The van der Waals surface area contributed by atoms with E-state index >= 15 is 0 Å². The molecule has 7 heavy (non-hydrogen) atoms. The van der Waals surface area contributed by atoms with Gasteiger partial charge in [-0.25, -0.2) is 13.2 Å². The molecule has 0 fully saturated rings. The van der Waals surface area contributed by atoms with Crippen molar-refractivity contribution in [2.24, 2.45) is 0 Å². The van der Waals surface area contributed by atoms with E-state index in [1.807, 2.05) is 0 Å². The molecule has 0 aliphatic carbocycles. The van der Waals surface area contributed by atoms with Crippen molar-refractivity contribution >= 4 is 6.29 Å². The summed E-state index contributed by atoms with van der Waals surface area (Å²) in [5, 5.41) is 0. The van der Waals surface area contributed by atoms with E-state index in [0.717, 1.165) is 0 Å². The van der Waals surface area contributed by atoms with Crippen LogP contribution in [0.4, 0.5) is 13.2 Å². The first-order valence-corrected chi connectivity index (χ1v) is 1.02. The molecule has 0 unspecified atom stereocenters. The van der Waals surface area contributed by atoms with Crippen molar-refractivity contribution < 1.29 is 35.0 Å². The van der Waals surface area contributed by atoms with Crippen LogP contribution in [-0.2, 0) is 21.9 Å². The van der Waals surface area contributed by atoms with Gasteiger partial charge in [-0.05, 0) is 0 Å². The van der Waals surface area contributed by atoms with Gasteiger partial charge in [0.2, 0.25) is 0 Å². The van der Waals surface area contributed by atoms with Gasteiger partial charge in [0.1, 0.15) is 0 Å². The molecule has 0 aliphatic rings. The summed E-state index contributed by atoms with van der Waals surface area (Å²) in [6, 6.07) is 0. The van der Waals surface area contributed by atoms with Crippen molar-refractivity contribution in [2.75, 3.05) is 0 Å². The molecule has 1 radical (unpaired) electrons. The van der Waals surface area contributed by atoms with Gasteiger partial charge < -0.3 is 4.79 Å². The number of carbonyl (C=O) groups excluding carboxylic acids is 1. The topological polar surface area (TPSA) is 17.1 Å². The Bertz CT molecular complexity index is 58.4. The quantitative estimate of drug-likeness (QED) is 0.368. The van der Waals surface area contributed by atoms with Crippen LogP contribution in [0.1, 0.15) is 0 Å². The fraction of sp³-hybridized carbons (Fsp3) is 0.500. The standard InChI is InChI=1S/C2F3O.Mn/c3-2(4,5)1-6;/q-1;. The van der Waals surface area contributed by atoms with Gasteiger partial charge in [0.25, 0.3) is 6.18 Å². The zero-order valence-corrected chi connectivity index (χ0v) is 4.10. The summed E-state index contributed by atoms with van der Waals surface area (Å²) in [6.07, 6.45) is -4.91. The Kier molecular flexibility index (Phi) is 4.38. The van der Waals surface area contributed by atoms with Crippen molar-refractivity contribution in [1.82, 2.24) is 0 Å². The number of hydrogen-bond donors (Lipinski definition) is 0. The molecule has 1 nitrogen and oxygen atoms in total. The first-order chi connectivity index (χ1) is 2.56. The molecule has 0 atom stereocenters. The first-order valence-electron chi connectivity index (χ1n) is 1.02. The van der Waals surface area contributed by atoms with E-state index in [4.69, 9.17) is 4.79 Å². The number of halogens is 3. The van der Waals surface area contributed by atoms with E-state index in [-0.39, 0.29) is 23.4 Å². The predicted molar refractivity (Wildman–Crippen MR) is 11.7 cm³/mol. The van der Waals surface area contributed by atoms with Crippen LogP contribution in [0.2, 0.25) is 0 Å². The van der Waals surface area contributed by atoms with Crippen LogP contribution in [0.25, 0.3) is 0 Å². The van der Waals surface area contributed by atoms with E-state index in [1.165, 1.54) is 0 Å². The van der Waals surface area contributed by atoms with Crippen LogP contribution in [0.3, 0.4) is 0 Å². The van der Waals surface area contributed by atoms with E-state index < -0.39 is 6.18 Å². The van der Waals surface area contributed by atoms with Gasteiger partial charge in [-0.3, -0.25) is 0 Å². The molecule has 5 heteroatoms. The largest absolute Gasteiger partial charge is 0.533 e. The van der Waals surface area contributed by atoms with Crippen molar-refractivity contribution in [3.8, 4) is 0 Å². The molecule has 0 bridgehead atoms. The second-order valence-electron chi connectivity index (χ2n) is 0.600. The fourth-order valence-electron chi connectivity index (χ4n) is 0. The smallest absolute Gasteiger partial charge is 0.298 e. The molecule has 0 aromatic rings. The molecule has 0 saturated heterocycles. The summed E-state index contributed by atoms with van der Waals surface area (Å²) >= 11 is 0. The van der Waals surface area contributed by atoms with Crippen molar-refractivity contribution in [1.29, 1.82) is 0 Å². The second-order valence-corrected chi connectivity index (χ2v) is 0.600. The monoisotopic (exact) mass is 152 g/mol. The molecular weight excluding hydrogens is 152 g/mol. The number of alkyl halides is 3. The van der Waals surface area contributed by atoms with Crippen LogP contribution in [0.5, 0.6) is 0 Å². The van der Waals surface area contributed by atoms with Crippen molar-refractivity contribution in [3.63, 3.8) is 0 Å². The summed E-state index contributed by atoms with van der Waals surface area (Å²) < 4.78 is 31.1. The molecule has 0 aromatic heterocycles. The molecular formula is C2F3MnO-. The minimum atomic E-state index is -4.76. The second kappa shape index (κ2) is 3.04. The molecule has 0 spiro atoms. The summed E-state index contributed by atoms with van der Waals surface area (Å²) in [4.78, 5) is 8.58. The fourth-order valence-corrected chi connectivity index (χ4v) is 0. The molecule has 0 amide bonds. The van der Waals surface area contributed by atoms with Crippen LogP contribution < -0.4 is 0 Å². The van der Waals surface area contributed by atoms with Gasteiger partial charge in [0.05, 0.1) is 0 Å². The van der Waals surface area contributed by atoms with Crippen LogP contribution in [-0.4, -0.2) is 12.5 Å². The predicted octanol–water partition coefficient (Wildman–Crippen LogP) is 0.656. The van der Waals surface area contributed by atoms with E-state index in [0.29, 0.717) is 0 Å². The average Bonchev–Trinajstić information content (AvgIpc) is 1.35. The Balaban J connectivity index is 0. The molecule has 0 aliphatic heterocycles. The minimum Gasteiger partial charge on any atom is -0.533 e. The maximum atomic E-state index is 10.4. The third-order valence-electron chi connectivity index (χ3n) is 0.116. The zero-order chi connectivity index (χ0) is 5.21. The Labute approximate surface area is 48.4 Å². The van der Waals surface area contributed by atoms with Crippen LogP contribution in [0.15, 0.2) is 0 Å². The van der Waals surface area contributed by atoms with Gasteiger partial charge in [-0.1, -0.05) is 0 Å². The Morgan fingerprint density at radius 1 is 1.29 bits per heavy atom. The number of hydrogen-bond acceptors (Lipinski definition) is 1. The van der Waals surface area contributed by atoms with Crippen molar-refractivity contribution in [2.45, 2.75) is 6.18 Å². The maximum Gasteiger partial charge on any atom is 0.298 e. The molecule has 43 valence electrons. The SMILES string of the molecule is O=[C-]C(F)(F)F.[Mn].